The van der Waals surface area contributed by atoms with E-state index in [0.29, 0.717) is 11.4 Å². The van der Waals surface area contributed by atoms with Crippen LogP contribution in [0.25, 0.3) is 0 Å². The zero-order chi connectivity index (χ0) is 13.7. The molecule has 0 spiro atoms. The molecule has 100 valence electrons. The summed E-state index contributed by atoms with van der Waals surface area (Å²) in [6, 6.07) is 4.89. The number of methoxy groups -OCH3 is 1. The van der Waals surface area contributed by atoms with Gasteiger partial charge < -0.3 is 15.8 Å². The monoisotopic (exact) mass is 314 g/mol. The van der Waals surface area contributed by atoms with Crippen LogP contribution in [0.5, 0.6) is 5.75 Å². The number of nitrogens with one attached hydrogen (secondary N) is 1. The Morgan fingerprint density at radius 2 is 2.17 bits per heavy atom. The van der Waals surface area contributed by atoms with E-state index < -0.39 is 6.04 Å². The average Bonchev–Trinajstić information content (AvgIpc) is 2.35. The van der Waals surface area contributed by atoms with Gasteiger partial charge in [-0.1, -0.05) is 36.2 Å². The first-order valence-electron chi connectivity index (χ1n) is 5.89. The molecule has 5 heteroatoms. The minimum absolute atomic E-state index is 0.152. The molecule has 2 atom stereocenters. The molecular weight excluding hydrogens is 296 g/mol. The fourth-order valence-electron chi connectivity index (χ4n) is 1.49. The number of halogens is 1. The maximum Gasteiger partial charge on any atom is 0.241 e. The van der Waals surface area contributed by atoms with E-state index in [0.717, 1.165) is 10.9 Å². The third-order valence-electron chi connectivity index (χ3n) is 2.93. The molecule has 0 aromatic heterocycles. The molecule has 18 heavy (non-hydrogen) atoms. The molecule has 1 rings (SSSR count). The maximum absolute atomic E-state index is 11.9. The van der Waals surface area contributed by atoms with Crippen molar-refractivity contribution in [3.8, 4) is 5.75 Å². The Hall–Kier alpha value is -1.07. The van der Waals surface area contributed by atoms with Crippen molar-refractivity contribution in [1.29, 1.82) is 0 Å². The standard InChI is InChI=1S/C13H19BrN2O2/c1-4-8(2)12(15)13(17)16-10-5-9(14)6-11(7-10)18-3/h5-8,12H,4,15H2,1-3H3,(H,16,17)/t8-,12-/m0/s1. The molecule has 1 aromatic carbocycles. The molecule has 1 amide bonds. The first-order chi connectivity index (χ1) is 8.47. The lowest BCUT2D eigenvalue weighted by Crippen LogP contribution is -2.40. The van der Waals surface area contributed by atoms with Crippen molar-refractivity contribution in [3.63, 3.8) is 0 Å². The minimum Gasteiger partial charge on any atom is -0.497 e. The van der Waals surface area contributed by atoms with Crippen molar-refractivity contribution in [2.45, 2.75) is 26.3 Å². The van der Waals surface area contributed by atoms with Gasteiger partial charge in [0, 0.05) is 16.2 Å². The van der Waals surface area contributed by atoms with Crippen LogP contribution >= 0.6 is 15.9 Å². The summed E-state index contributed by atoms with van der Waals surface area (Å²) in [5.74, 6) is 0.653. The SMILES string of the molecule is CC[C@H](C)[C@H](N)C(=O)Nc1cc(Br)cc(OC)c1. The van der Waals surface area contributed by atoms with Gasteiger partial charge >= 0.3 is 0 Å². The second kappa shape index (κ2) is 6.75. The molecule has 0 saturated carbocycles. The Kier molecular flexibility index (Phi) is 5.62. The topological polar surface area (TPSA) is 64.4 Å². The first kappa shape index (κ1) is 15.0. The Morgan fingerprint density at radius 1 is 1.50 bits per heavy atom. The quantitative estimate of drug-likeness (QED) is 0.878. The number of rotatable bonds is 5. The van der Waals surface area contributed by atoms with Crippen LogP contribution in [-0.4, -0.2) is 19.1 Å². The number of amides is 1. The van der Waals surface area contributed by atoms with Crippen molar-refractivity contribution in [1.82, 2.24) is 0 Å². The van der Waals surface area contributed by atoms with Crippen molar-refractivity contribution in [2.75, 3.05) is 12.4 Å². The molecule has 0 bridgehead atoms. The summed E-state index contributed by atoms with van der Waals surface area (Å²) in [5.41, 5.74) is 6.54. The second-order valence-corrected chi connectivity index (χ2v) is 5.20. The lowest BCUT2D eigenvalue weighted by atomic mass is 9.99. The van der Waals surface area contributed by atoms with E-state index >= 15 is 0 Å². The van der Waals surface area contributed by atoms with Gasteiger partial charge in [-0.05, 0) is 18.1 Å². The van der Waals surface area contributed by atoms with Crippen LogP contribution < -0.4 is 15.8 Å². The second-order valence-electron chi connectivity index (χ2n) is 4.28. The van der Waals surface area contributed by atoms with Gasteiger partial charge in [0.2, 0.25) is 5.91 Å². The Morgan fingerprint density at radius 3 is 2.72 bits per heavy atom. The molecule has 0 radical (unpaired) electrons. The summed E-state index contributed by atoms with van der Waals surface area (Å²) in [5, 5.41) is 2.80. The van der Waals surface area contributed by atoms with Gasteiger partial charge in [-0.15, -0.1) is 0 Å². The fraction of sp³-hybridized carbons (Fsp3) is 0.462. The van der Waals surface area contributed by atoms with E-state index in [2.05, 4.69) is 21.2 Å². The van der Waals surface area contributed by atoms with Crippen molar-refractivity contribution in [3.05, 3.63) is 22.7 Å². The highest BCUT2D eigenvalue weighted by Gasteiger charge is 2.19. The molecule has 0 aliphatic heterocycles. The number of ether oxygens (including phenoxy) is 1. The van der Waals surface area contributed by atoms with E-state index in [1.54, 1.807) is 13.2 Å². The Bertz CT molecular complexity index is 423. The third-order valence-corrected chi connectivity index (χ3v) is 3.39. The van der Waals surface area contributed by atoms with Gasteiger partial charge in [0.05, 0.1) is 13.2 Å². The summed E-state index contributed by atoms with van der Waals surface area (Å²) < 4.78 is 5.98. The molecule has 1 aromatic rings. The van der Waals surface area contributed by atoms with Gasteiger partial charge in [0.25, 0.3) is 0 Å². The average molecular weight is 315 g/mol. The molecule has 0 fully saturated rings. The van der Waals surface area contributed by atoms with Crippen molar-refractivity contribution >= 4 is 27.5 Å². The molecule has 0 aliphatic carbocycles. The molecule has 4 nitrogen and oxygen atoms in total. The summed E-state index contributed by atoms with van der Waals surface area (Å²) in [6.07, 6.45) is 0.871. The number of benzene rings is 1. The van der Waals surface area contributed by atoms with Gasteiger partial charge in [-0.3, -0.25) is 4.79 Å². The van der Waals surface area contributed by atoms with Crippen LogP contribution in [0.15, 0.2) is 22.7 Å². The highest BCUT2D eigenvalue weighted by molar-refractivity contribution is 9.10. The number of hydrogen-bond donors (Lipinski definition) is 2. The molecule has 3 N–H and O–H groups in total. The van der Waals surface area contributed by atoms with Gasteiger partial charge in [0.15, 0.2) is 0 Å². The Balaban J connectivity index is 2.78. The van der Waals surface area contributed by atoms with Crippen LogP contribution in [0.2, 0.25) is 0 Å². The predicted octanol–water partition coefficient (Wildman–Crippen LogP) is 2.77. The van der Waals surface area contributed by atoms with E-state index in [1.165, 1.54) is 0 Å². The lowest BCUT2D eigenvalue weighted by molar-refractivity contribution is -0.118. The zero-order valence-corrected chi connectivity index (χ0v) is 12.5. The largest absolute Gasteiger partial charge is 0.497 e. The normalized spacial score (nSPS) is 13.8. The highest BCUT2D eigenvalue weighted by atomic mass is 79.9. The predicted molar refractivity (Wildman–Crippen MR) is 76.8 cm³/mol. The van der Waals surface area contributed by atoms with Crippen LogP contribution in [0.3, 0.4) is 0 Å². The zero-order valence-electron chi connectivity index (χ0n) is 10.9. The summed E-state index contributed by atoms with van der Waals surface area (Å²) >= 11 is 3.36. The summed E-state index contributed by atoms with van der Waals surface area (Å²) in [7, 11) is 1.58. The van der Waals surface area contributed by atoms with Crippen LogP contribution in [0, 0.1) is 5.92 Å². The highest BCUT2D eigenvalue weighted by Crippen LogP contribution is 2.24. The number of anilines is 1. The summed E-state index contributed by atoms with van der Waals surface area (Å²) in [4.78, 5) is 11.9. The maximum atomic E-state index is 11.9. The van der Waals surface area contributed by atoms with Crippen molar-refractivity contribution in [2.24, 2.45) is 11.7 Å². The first-order valence-corrected chi connectivity index (χ1v) is 6.68. The van der Waals surface area contributed by atoms with E-state index in [4.69, 9.17) is 10.5 Å². The third kappa shape index (κ3) is 3.99. The van der Waals surface area contributed by atoms with Crippen LogP contribution in [0.4, 0.5) is 5.69 Å². The molecule has 0 saturated heterocycles. The van der Waals surface area contributed by atoms with Gasteiger partial charge in [-0.2, -0.15) is 0 Å². The van der Waals surface area contributed by atoms with Gasteiger partial charge in [0.1, 0.15) is 5.75 Å². The van der Waals surface area contributed by atoms with E-state index in [9.17, 15) is 4.79 Å². The fourth-order valence-corrected chi connectivity index (χ4v) is 1.96. The number of hydrogen-bond acceptors (Lipinski definition) is 3. The number of carbonyl (C=O) groups is 1. The van der Waals surface area contributed by atoms with Gasteiger partial charge in [-0.25, -0.2) is 0 Å². The minimum atomic E-state index is -0.500. The van der Waals surface area contributed by atoms with Crippen LogP contribution in [0.1, 0.15) is 20.3 Å². The van der Waals surface area contributed by atoms with E-state index in [-0.39, 0.29) is 11.8 Å². The number of nitrogens with two attached hydrogens (primary N) is 1. The lowest BCUT2D eigenvalue weighted by Gasteiger charge is -2.18. The van der Waals surface area contributed by atoms with Crippen molar-refractivity contribution < 1.29 is 9.53 Å². The van der Waals surface area contributed by atoms with Crippen LogP contribution in [-0.2, 0) is 4.79 Å². The molecule has 0 aliphatic rings. The Labute approximate surface area is 116 Å². The molecular formula is C13H19BrN2O2. The molecule has 0 heterocycles. The number of carbonyl (C=O) groups excluding carboxylic acids is 1. The smallest absolute Gasteiger partial charge is 0.241 e. The molecule has 0 unspecified atom stereocenters. The van der Waals surface area contributed by atoms with E-state index in [1.807, 2.05) is 26.0 Å². The summed E-state index contributed by atoms with van der Waals surface area (Å²) in [6.45, 7) is 3.98.